The lowest BCUT2D eigenvalue weighted by atomic mass is 10.1. The second-order valence-electron chi connectivity index (χ2n) is 3.11. The maximum Gasteiger partial charge on any atom is 0.145 e. The molecule has 0 spiro atoms. The summed E-state index contributed by atoms with van der Waals surface area (Å²) in [6, 6.07) is 0. The molecule has 68 valence electrons. The van der Waals surface area contributed by atoms with Crippen molar-refractivity contribution in [1.29, 1.82) is 0 Å². The number of aromatic nitrogens is 2. The average molecular weight is 194 g/mol. The van der Waals surface area contributed by atoms with Gasteiger partial charge >= 0.3 is 0 Å². The topological polar surface area (TPSA) is 38.9 Å². The van der Waals surface area contributed by atoms with E-state index < -0.39 is 0 Å². The fraction of sp³-hybridized carbons (Fsp3) is 0.333. The molecule has 0 amide bonds. The number of hydrogen-bond acceptors (Lipinski definition) is 4. The van der Waals surface area contributed by atoms with Crippen LogP contribution in [0.4, 0.5) is 0 Å². The Morgan fingerprint density at radius 3 is 2.92 bits per heavy atom. The minimum Gasteiger partial charge on any atom is -0.364 e. The Balaban J connectivity index is 2.46. The minimum atomic E-state index is 0.421. The first-order chi connectivity index (χ1) is 6.29. The highest BCUT2D eigenvalue weighted by Crippen LogP contribution is 2.28. The number of thiazole rings is 1. The largest absolute Gasteiger partial charge is 0.364 e. The molecule has 0 atom stereocenters. The summed E-state index contributed by atoms with van der Waals surface area (Å²) < 4.78 is 4.95. The highest BCUT2D eigenvalue weighted by atomic mass is 32.1. The quantitative estimate of drug-likeness (QED) is 0.737. The predicted molar refractivity (Wildman–Crippen MR) is 51.7 cm³/mol. The van der Waals surface area contributed by atoms with Crippen molar-refractivity contribution in [3.05, 3.63) is 23.4 Å². The van der Waals surface area contributed by atoms with Crippen LogP contribution in [0.15, 0.2) is 22.4 Å². The molecule has 0 radical (unpaired) electrons. The van der Waals surface area contributed by atoms with E-state index in [9.17, 15) is 0 Å². The highest BCUT2D eigenvalue weighted by Gasteiger charge is 2.14. The summed E-state index contributed by atoms with van der Waals surface area (Å²) >= 11 is 1.58. The van der Waals surface area contributed by atoms with Gasteiger partial charge in [0.15, 0.2) is 0 Å². The van der Waals surface area contributed by atoms with Gasteiger partial charge in [0.05, 0.1) is 0 Å². The molecule has 0 bridgehead atoms. The van der Waals surface area contributed by atoms with Gasteiger partial charge in [-0.15, -0.1) is 11.3 Å². The van der Waals surface area contributed by atoms with E-state index in [0.717, 1.165) is 16.3 Å². The first-order valence-electron chi connectivity index (χ1n) is 4.13. The molecule has 0 saturated heterocycles. The van der Waals surface area contributed by atoms with E-state index in [1.165, 1.54) is 0 Å². The molecule has 0 aliphatic heterocycles. The third-order valence-electron chi connectivity index (χ3n) is 1.85. The van der Waals surface area contributed by atoms with Crippen LogP contribution in [0, 0.1) is 0 Å². The van der Waals surface area contributed by atoms with Gasteiger partial charge in [0.2, 0.25) is 0 Å². The summed E-state index contributed by atoms with van der Waals surface area (Å²) in [4.78, 5) is 4.20. The first-order valence-corrected chi connectivity index (χ1v) is 5.01. The second kappa shape index (κ2) is 3.30. The van der Waals surface area contributed by atoms with E-state index in [2.05, 4.69) is 24.0 Å². The molecule has 2 rings (SSSR count). The van der Waals surface area contributed by atoms with Crippen molar-refractivity contribution in [1.82, 2.24) is 10.1 Å². The molecule has 0 unspecified atom stereocenters. The molecule has 0 fully saturated rings. The summed E-state index contributed by atoms with van der Waals surface area (Å²) in [5, 5.41) is 6.82. The molecule has 13 heavy (non-hydrogen) atoms. The summed E-state index contributed by atoms with van der Waals surface area (Å²) in [5.74, 6) is 0.421. The van der Waals surface area contributed by atoms with E-state index >= 15 is 0 Å². The molecule has 0 aliphatic carbocycles. The zero-order valence-electron chi connectivity index (χ0n) is 7.52. The summed E-state index contributed by atoms with van der Waals surface area (Å²) in [6.45, 7) is 4.23. The van der Waals surface area contributed by atoms with Crippen LogP contribution in [0.2, 0.25) is 0 Å². The minimum absolute atomic E-state index is 0.421. The maximum absolute atomic E-state index is 4.95. The standard InChI is InChI=1S/C9H10N2OS/c1-6(2)7-5-12-11-8(7)9-10-3-4-13-9/h3-6H,1-2H3. The predicted octanol–water partition coefficient (Wildman–Crippen LogP) is 2.92. The molecule has 3 nitrogen and oxygen atoms in total. The van der Waals surface area contributed by atoms with Crippen LogP contribution < -0.4 is 0 Å². The number of nitrogens with zero attached hydrogens (tertiary/aromatic N) is 2. The molecule has 4 heteroatoms. The van der Waals surface area contributed by atoms with Gasteiger partial charge in [0.1, 0.15) is 17.0 Å². The molecule has 0 saturated carbocycles. The zero-order chi connectivity index (χ0) is 9.26. The van der Waals surface area contributed by atoms with Crippen molar-refractivity contribution in [3.8, 4) is 10.7 Å². The maximum atomic E-state index is 4.95. The van der Waals surface area contributed by atoms with Crippen molar-refractivity contribution >= 4 is 11.3 Å². The Kier molecular flexibility index (Phi) is 2.14. The Labute approximate surface area is 80.4 Å². The van der Waals surface area contributed by atoms with E-state index in [-0.39, 0.29) is 0 Å². The second-order valence-corrected chi connectivity index (χ2v) is 4.01. The van der Waals surface area contributed by atoms with Crippen LogP contribution in [0.5, 0.6) is 0 Å². The third kappa shape index (κ3) is 1.49. The van der Waals surface area contributed by atoms with Gasteiger partial charge < -0.3 is 4.52 Å². The van der Waals surface area contributed by atoms with Crippen LogP contribution in [0.1, 0.15) is 25.3 Å². The fourth-order valence-corrected chi connectivity index (χ4v) is 1.80. The number of hydrogen-bond donors (Lipinski definition) is 0. The van der Waals surface area contributed by atoms with Crippen LogP contribution in [-0.4, -0.2) is 10.1 Å². The number of rotatable bonds is 2. The monoisotopic (exact) mass is 194 g/mol. The third-order valence-corrected chi connectivity index (χ3v) is 2.63. The van der Waals surface area contributed by atoms with Gasteiger partial charge in [-0.1, -0.05) is 19.0 Å². The van der Waals surface area contributed by atoms with Crippen LogP contribution >= 0.6 is 11.3 Å². The average Bonchev–Trinajstić information content (AvgIpc) is 2.74. The van der Waals surface area contributed by atoms with Gasteiger partial charge in [-0.3, -0.25) is 0 Å². The summed E-state index contributed by atoms with van der Waals surface area (Å²) in [6.07, 6.45) is 3.47. The highest BCUT2D eigenvalue weighted by molar-refractivity contribution is 7.13. The van der Waals surface area contributed by atoms with Crippen molar-refractivity contribution in [3.63, 3.8) is 0 Å². The lowest BCUT2D eigenvalue weighted by Crippen LogP contribution is -1.87. The molecule has 0 aliphatic rings. The molecule has 0 N–H and O–H groups in total. The van der Waals surface area contributed by atoms with Crippen LogP contribution in [-0.2, 0) is 0 Å². The molecular weight excluding hydrogens is 184 g/mol. The van der Waals surface area contributed by atoms with Gasteiger partial charge in [-0.05, 0) is 5.92 Å². The Bertz CT molecular complexity index is 378. The molecular formula is C9H10N2OS. The van der Waals surface area contributed by atoms with Gasteiger partial charge in [-0.2, -0.15) is 0 Å². The normalized spacial score (nSPS) is 11.0. The lowest BCUT2D eigenvalue weighted by Gasteiger charge is -2.00. The summed E-state index contributed by atoms with van der Waals surface area (Å²) in [7, 11) is 0. The van der Waals surface area contributed by atoms with Crippen LogP contribution in [0.3, 0.4) is 0 Å². The lowest BCUT2D eigenvalue weighted by molar-refractivity contribution is 0.420. The Hall–Kier alpha value is -1.16. The van der Waals surface area contributed by atoms with Crippen molar-refractivity contribution < 1.29 is 4.52 Å². The first kappa shape index (κ1) is 8.44. The van der Waals surface area contributed by atoms with Gasteiger partial charge in [0.25, 0.3) is 0 Å². The fourth-order valence-electron chi connectivity index (χ4n) is 1.16. The Morgan fingerprint density at radius 2 is 2.31 bits per heavy atom. The summed E-state index contributed by atoms with van der Waals surface area (Å²) in [5.41, 5.74) is 2.00. The van der Waals surface area contributed by atoms with E-state index in [0.29, 0.717) is 5.92 Å². The van der Waals surface area contributed by atoms with E-state index in [1.54, 1.807) is 23.8 Å². The molecule has 2 heterocycles. The van der Waals surface area contributed by atoms with Crippen molar-refractivity contribution in [2.45, 2.75) is 19.8 Å². The Morgan fingerprint density at radius 1 is 1.46 bits per heavy atom. The van der Waals surface area contributed by atoms with Gasteiger partial charge in [-0.25, -0.2) is 4.98 Å². The smallest absolute Gasteiger partial charge is 0.145 e. The van der Waals surface area contributed by atoms with E-state index in [1.807, 2.05) is 5.38 Å². The molecule has 2 aromatic heterocycles. The van der Waals surface area contributed by atoms with E-state index in [4.69, 9.17) is 4.52 Å². The van der Waals surface area contributed by atoms with Crippen molar-refractivity contribution in [2.24, 2.45) is 0 Å². The zero-order valence-corrected chi connectivity index (χ0v) is 8.34. The van der Waals surface area contributed by atoms with Crippen LogP contribution in [0.25, 0.3) is 10.7 Å². The molecule has 0 aromatic carbocycles. The SMILES string of the molecule is CC(C)c1conc1-c1nccs1. The van der Waals surface area contributed by atoms with Gasteiger partial charge in [0, 0.05) is 17.1 Å². The molecule has 2 aromatic rings. The van der Waals surface area contributed by atoms with Crippen molar-refractivity contribution in [2.75, 3.05) is 0 Å².